The average molecular weight is 532 g/mol. The Hall–Kier alpha value is -3.76. The van der Waals surface area contributed by atoms with Crippen molar-refractivity contribution in [2.75, 3.05) is 32.2 Å². The topological polar surface area (TPSA) is 107 Å². The Labute approximate surface area is 215 Å². The van der Waals surface area contributed by atoms with E-state index in [1.54, 1.807) is 36.4 Å². The molecule has 0 radical (unpaired) electrons. The molecule has 0 aliphatic carbocycles. The summed E-state index contributed by atoms with van der Waals surface area (Å²) < 4.78 is 43.9. The summed E-state index contributed by atoms with van der Waals surface area (Å²) in [5, 5.41) is 4.23. The molecular weight excluding hydrogens is 506 g/mol. The van der Waals surface area contributed by atoms with Crippen LogP contribution in [0.5, 0.6) is 17.2 Å². The summed E-state index contributed by atoms with van der Waals surface area (Å²) in [7, 11) is 0.269. The van der Waals surface area contributed by atoms with Gasteiger partial charge in [-0.05, 0) is 49.4 Å². The molecule has 11 heteroatoms. The summed E-state index contributed by atoms with van der Waals surface area (Å²) >= 11 is 6.15. The number of sulfonamides is 1. The van der Waals surface area contributed by atoms with Crippen LogP contribution in [0.15, 0.2) is 70.7 Å². The molecule has 0 saturated carbocycles. The molecule has 0 spiro atoms. The number of amides is 1. The van der Waals surface area contributed by atoms with Crippen LogP contribution < -0.4 is 23.9 Å². The van der Waals surface area contributed by atoms with Gasteiger partial charge in [-0.15, -0.1) is 0 Å². The summed E-state index contributed by atoms with van der Waals surface area (Å²) in [5.74, 6) is 0.630. The predicted octanol–water partition coefficient (Wildman–Crippen LogP) is 4.02. The number of hydrogen-bond donors (Lipinski definition) is 1. The number of ether oxygens (including phenoxy) is 3. The minimum atomic E-state index is -4.16. The monoisotopic (exact) mass is 531 g/mol. The number of methoxy groups -OCH3 is 3. The maximum atomic E-state index is 13.6. The third kappa shape index (κ3) is 6.27. The molecule has 3 rings (SSSR count). The third-order valence-corrected chi connectivity index (χ3v) is 7.15. The lowest BCUT2D eigenvalue weighted by atomic mass is 10.2. The van der Waals surface area contributed by atoms with E-state index in [0.29, 0.717) is 17.1 Å². The highest BCUT2D eigenvalue weighted by Crippen LogP contribution is 2.34. The van der Waals surface area contributed by atoms with E-state index in [-0.39, 0.29) is 21.4 Å². The summed E-state index contributed by atoms with van der Waals surface area (Å²) in [6.45, 7) is 1.27. The lowest BCUT2D eigenvalue weighted by Gasteiger charge is -2.25. The van der Waals surface area contributed by atoms with E-state index in [9.17, 15) is 13.2 Å². The molecule has 3 aromatic rings. The Morgan fingerprint density at radius 3 is 2.31 bits per heavy atom. The van der Waals surface area contributed by atoms with Crippen molar-refractivity contribution in [2.24, 2.45) is 5.10 Å². The first-order valence-corrected chi connectivity index (χ1v) is 12.5. The van der Waals surface area contributed by atoms with Crippen molar-refractivity contribution in [3.63, 3.8) is 0 Å². The van der Waals surface area contributed by atoms with Gasteiger partial charge in [-0.2, -0.15) is 5.10 Å². The fourth-order valence-electron chi connectivity index (χ4n) is 3.26. The van der Waals surface area contributed by atoms with Gasteiger partial charge in [-0.1, -0.05) is 29.3 Å². The third-order valence-electron chi connectivity index (χ3n) is 5.14. The molecular formula is C25H26ClN3O6S. The SMILES string of the molecule is COc1ccc(/C=N\NC(=O)CN(c2cc(Cl)ccc2OC)S(=O)(=O)c2ccc(C)cc2)c(OC)c1. The van der Waals surface area contributed by atoms with Crippen molar-refractivity contribution < 1.29 is 27.4 Å². The molecule has 1 amide bonds. The van der Waals surface area contributed by atoms with Crippen molar-refractivity contribution in [1.29, 1.82) is 0 Å². The molecule has 0 fully saturated rings. The molecule has 0 heterocycles. The number of rotatable bonds is 10. The minimum Gasteiger partial charge on any atom is -0.497 e. The smallest absolute Gasteiger partial charge is 0.264 e. The van der Waals surface area contributed by atoms with E-state index >= 15 is 0 Å². The second-order valence-electron chi connectivity index (χ2n) is 7.54. The van der Waals surface area contributed by atoms with Gasteiger partial charge in [0.25, 0.3) is 15.9 Å². The van der Waals surface area contributed by atoms with Crippen LogP contribution in [0.25, 0.3) is 0 Å². The first-order chi connectivity index (χ1) is 17.2. The minimum absolute atomic E-state index is 0.00870. The number of benzene rings is 3. The van der Waals surface area contributed by atoms with Gasteiger partial charge in [0.2, 0.25) is 0 Å². The van der Waals surface area contributed by atoms with Crippen LogP contribution >= 0.6 is 11.6 Å². The van der Waals surface area contributed by atoms with Gasteiger partial charge in [-0.25, -0.2) is 13.8 Å². The highest BCUT2D eigenvalue weighted by atomic mass is 35.5. The standard InChI is InChI=1S/C25H26ClN3O6S/c1-17-5-10-21(11-6-17)36(31,32)29(22-13-19(26)8-12-23(22)34-3)16-25(30)28-27-15-18-7-9-20(33-2)14-24(18)35-4/h5-15H,16H2,1-4H3,(H,28,30)/b27-15-. The highest BCUT2D eigenvalue weighted by Gasteiger charge is 2.29. The van der Waals surface area contributed by atoms with Gasteiger partial charge in [-0.3, -0.25) is 9.10 Å². The lowest BCUT2D eigenvalue weighted by Crippen LogP contribution is -2.39. The maximum absolute atomic E-state index is 13.6. The van der Waals surface area contributed by atoms with Crippen molar-refractivity contribution in [1.82, 2.24) is 5.43 Å². The summed E-state index contributed by atoms with van der Waals surface area (Å²) in [4.78, 5) is 12.8. The van der Waals surface area contributed by atoms with Gasteiger partial charge < -0.3 is 14.2 Å². The number of hydrogen-bond acceptors (Lipinski definition) is 7. The van der Waals surface area contributed by atoms with Crippen LogP contribution in [0.4, 0.5) is 5.69 Å². The molecule has 0 aromatic heterocycles. The molecule has 0 unspecified atom stereocenters. The number of anilines is 1. The Morgan fingerprint density at radius 2 is 1.67 bits per heavy atom. The largest absolute Gasteiger partial charge is 0.497 e. The summed E-state index contributed by atoms with van der Waals surface area (Å²) in [6, 6.07) is 15.9. The van der Waals surface area contributed by atoms with E-state index in [4.69, 9.17) is 25.8 Å². The van der Waals surface area contributed by atoms with Crippen molar-refractivity contribution in [3.8, 4) is 17.2 Å². The van der Waals surface area contributed by atoms with Crippen molar-refractivity contribution in [3.05, 3.63) is 76.8 Å². The predicted molar refractivity (Wildman–Crippen MR) is 139 cm³/mol. The zero-order valence-corrected chi connectivity index (χ0v) is 21.8. The highest BCUT2D eigenvalue weighted by molar-refractivity contribution is 7.92. The zero-order valence-electron chi connectivity index (χ0n) is 20.2. The van der Waals surface area contributed by atoms with E-state index in [0.717, 1.165) is 9.87 Å². The van der Waals surface area contributed by atoms with Gasteiger partial charge in [0.05, 0.1) is 38.1 Å². The number of aryl methyl sites for hydroxylation is 1. The number of carbonyl (C=O) groups excluding carboxylic acids is 1. The molecule has 0 bridgehead atoms. The normalized spacial score (nSPS) is 11.2. The zero-order chi connectivity index (χ0) is 26.3. The van der Waals surface area contributed by atoms with E-state index < -0.39 is 22.5 Å². The number of hydrazone groups is 1. The fourth-order valence-corrected chi connectivity index (χ4v) is 4.85. The summed E-state index contributed by atoms with van der Waals surface area (Å²) in [6.07, 6.45) is 1.38. The Balaban J connectivity index is 1.91. The van der Waals surface area contributed by atoms with Gasteiger partial charge in [0.15, 0.2) is 0 Å². The van der Waals surface area contributed by atoms with Gasteiger partial charge >= 0.3 is 0 Å². The average Bonchev–Trinajstić information content (AvgIpc) is 2.87. The van der Waals surface area contributed by atoms with Crippen LogP contribution in [0.2, 0.25) is 5.02 Å². The Bertz CT molecular complexity index is 1360. The van der Waals surface area contributed by atoms with Gasteiger partial charge in [0.1, 0.15) is 23.8 Å². The lowest BCUT2D eigenvalue weighted by molar-refractivity contribution is -0.119. The molecule has 0 aliphatic heterocycles. The van der Waals surface area contributed by atoms with Crippen LogP contribution in [0.1, 0.15) is 11.1 Å². The van der Waals surface area contributed by atoms with E-state index in [1.807, 2.05) is 6.92 Å². The molecule has 0 aliphatic rings. The maximum Gasteiger partial charge on any atom is 0.264 e. The number of halogens is 1. The first-order valence-electron chi connectivity index (χ1n) is 10.7. The fraction of sp³-hybridized carbons (Fsp3) is 0.200. The van der Waals surface area contributed by atoms with Crippen LogP contribution in [0, 0.1) is 6.92 Å². The van der Waals surface area contributed by atoms with Crippen LogP contribution in [0.3, 0.4) is 0 Å². The second-order valence-corrected chi connectivity index (χ2v) is 9.84. The van der Waals surface area contributed by atoms with Crippen molar-refractivity contribution in [2.45, 2.75) is 11.8 Å². The Kier molecular flexibility index (Phi) is 8.78. The van der Waals surface area contributed by atoms with Crippen LogP contribution in [-0.4, -0.2) is 48.4 Å². The number of nitrogens with zero attached hydrogens (tertiary/aromatic N) is 2. The molecule has 36 heavy (non-hydrogen) atoms. The van der Waals surface area contributed by atoms with Gasteiger partial charge in [0, 0.05) is 16.7 Å². The number of carbonyl (C=O) groups is 1. The second kappa shape index (κ2) is 11.8. The van der Waals surface area contributed by atoms with E-state index in [1.165, 1.54) is 51.8 Å². The molecule has 190 valence electrons. The molecule has 9 nitrogen and oxygen atoms in total. The van der Waals surface area contributed by atoms with E-state index in [2.05, 4.69) is 10.5 Å². The van der Waals surface area contributed by atoms with Crippen molar-refractivity contribution >= 4 is 39.4 Å². The molecule has 0 atom stereocenters. The molecule has 1 N–H and O–H groups in total. The van der Waals surface area contributed by atoms with Crippen LogP contribution in [-0.2, 0) is 14.8 Å². The molecule has 3 aromatic carbocycles. The summed E-state index contributed by atoms with van der Waals surface area (Å²) in [5.41, 5.74) is 3.95. The molecule has 0 saturated heterocycles. The quantitative estimate of drug-likeness (QED) is 0.313. The Morgan fingerprint density at radius 1 is 0.972 bits per heavy atom. The first kappa shape index (κ1) is 26.8. The number of nitrogens with one attached hydrogen (secondary N) is 1.